The van der Waals surface area contributed by atoms with Gasteiger partial charge in [0.15, 0.2) is 0 Å². The van der Waals surface area contributed by atoms with Crippen LogP contribution in [0.4, 0.5) is 0 Å². The molecule has 1 saturated heterocycles. The summed E-state index contributed by atoms with van der Waals surface area (Å²) in [5, 5.41) is 12.8. The van der Waals surface area contributed by atoms with Gasteiger partial charge in [-0.1, -0.05) is 17.7 Å². The van der Waals surface area contributed by atoms with E-state index in [0.717, 1.165) is 31.7 Å². The summed E-state index contributed by atoms with van der Waals surface area (Å²) < 4.78 is 0. The van der Waals surface area contributed by atoms with Gasteiger partial charge in [-0.25, -0.2) is 4.98 Å². The van der Waals surface area contributed by atoms with Crippen molar-refractivity contribution in [1.82, 2.24) is 15.2 Å². The highest BCUT2D eigenvalue weighted by Gasteiger charge is 2.23. The Balaban J connectivity index is 2.22. The van der Waals surface area contributed by atoms with Crippen LogP contribution >= 0.6 is 11.6 Å². The molecule has 0 aromatic carbocycles. The lowest BCUT2D eigenvalue weighted by Crippen LogP contribution is -2.45. The van der Waals surface area contributed by atoms with Crippen LogP contribution in [0.15, 0.2) is 18.3 Å². The van der Waals surface area contributed by atoms with Gasteiger partial charge in [-0.3, -0.25) is 4.90 Å². The van der Waals surface area contributed by atoms with E-state index in [0.29, 0.717) is 11.6 Å². The second-order valence-electron chi connectivity index (χ2n) is 4.05. The molecule has 0 amide bonds. The highest BCUT2D eigenvalue weighted by molar-refractivity contribution is 6.30. The van der Waals surface area contributed by atoms with Crippen LogP contribution in [0.2, 0.25) is 5.15 Å². The second-order valence-corrected chi connectivity index (χ2v) is 4.41. The van der Waals surface area contributed by atoms with E-state index >= 15 is 0 Å². The number of piperazine rings is 1. The Hall–Kier alpha value is -1.15. The molecule has 2 rings (SSSR count). The number of pyridine rings is 1. The van der Waals surface area contributed by atoms with Crippen LogP contribution in [-0.4, -0.2) is 36.1 Å². The predicted molar refractivity (Wildman–Crippen MR) is 66.7 cm³/mol. The number of hydrogen-bond donors (Lipinski definition) is 1. The molecule has 1 aliphatic rings. The van der Waals surface area contributed by atoms with Gasteiger partial charge < -0.3 is 5.32 Å². The molecule has 0 spiro atoms. The first-order valence-corrected chi connectivity index (χ1v) is 6.13. The lowest BCUT2D eigenvalue weighted by Gasteiger charge is -2.34. The molecule has 17 heavy (non-hydrogen) atoms. The number of nitriles is 1. The van der Waals surface area contributed by atoms with Gasteiger partial charge >= 0.3 is 0 Å². The van der Waals surface area contributed by atoms with Crippen LogP contribution in [0.3, 0.4) is 0 Å². The summed E-state index contributed by atoms with van der Waals surface area (Å²) >= 11 is 6.11. The van der Waals surface area contributed by atoms with Gasteiger partial charge in [0.1, 0.15) is 5.15 Å². The van der Waals surface area contributed by atoms with Gasteiger partial charge in [-0.05, 0) is 6.07 Å². The third-order valence-electron chi connectivity index (χ3n) is 3.02. The van der Waals surface area contributed by atoms with Crippen LogP contribution in [0.1, 0.15) is 18.0 Å². The molecule has 1 aromatic rings. The van der Waals surface area contributed by atoms with Crippen LogP contribution in [-0.2, 0) is 0 Å². The maximum Gasteiger partial charge on any atom is 0.133 e. The molecule has 0 saturated carbocycles. The fourth-order valence-corrected chi connectivity index (χ4v) is 2.41. The van der Waals surface area contributed by atoms with E-state index in [1.165, 1.54) is 0 Å². The first-order valence-electron chi connectivity index (χ1n) is 5.75. The number of aromatic nitrogens is 1. The van der Waals surface area contributed by atoms with Crippen molar-refractivity contribution in [3.63, 3.8) is 0 Å². The SMILES string of the molecule is N#CC[C@@H](c1cccnc1Cl)N1CCNCC1. The molecule has 5 heteroatoms. The quantitative estimate of drug-likeness (QED) is 0.828. The minimum absolute atomic E-state index is 0.0586. The van der Waals surface area contributed by atoms with Crippen molar-refractivity contribution in [2.45, 2.75) is 12.5 Å². The van der Waals surface area contributed by atoms with E-state index in [9.17, 15) is 0 Å². The third-order valence-corrected chi connectivity index (χ3v) is 3.34. The van der Waals surface area contributed by atoms with Crippen molar-refractivity contribution in [3.8, 4) is 6.07 Å². The Labute approximate surface area is 106 Å². The van der Waals surface area contributed by atoms with Crippen molar-refractivity contribution in [2.24, 2.45) is 0 Å². The number of rotatable bonds is 3. The molecule has 1 aromatic heterocycles. The summed E-state index contributed by atoms with van der Waals surface area (Å²) in [6.45, 7) is 3.80. The zero-order valence-corrected chi connectivity index (χ0v) is 10.3. The van der Waals surface area contributed by atoms with Gasteiger partial charge in [0.2, 0.25) is 0 Å². The van der Waals surface area contributed by atoms with Crippen molar-refractivity contribution in [1.29, 1.82) is 5.26 Å². The summed E-state index contributed by atoms with van der Waals surface area (Å²) in [6, 6.07) is 6.13. The molecule has 1 aliphatic heterocycles. The highest BCUT2D eigenvalue weighted by Crippen LogP contribution is 2.28. The van der Waals surface area contributed by atoms with E-state index in [-0.39, 0.29) is 6.04 Å². The third kappa shape index (κ3) is 2.95. The second kappa shape index (κ2) is 5.97. The molecule has 0 unspecified atom stereocenters. The topological polar surface area (TPSA) is 52.0 Å². The zero-order chi connectivity index (χ0) is 12.1. The van der Waals surface area contributed by atoms with Crippen molar-refractivity contribution in [3.05, 3.63) is 29.0 Å². The van der Waals surface area contributed by atoms with Gasteiger partial charge in [-0.15, -0.1) is 0 Å². The van der Waals surface area contributed by atoms with E-state index in [4.69, 9.17) is 16.9 Å². The van der Waals surface area contributed by atoms with Gasteiger partial charge in [-0.2, -0.15) is 5.26 Å². The largest absolute Gasteiger partial charge is 0.314 e. The fraction of sp³-hybridized carbons (Fsp3) is 0.500. The molecule has 1 fully saturated rings. The van der Waals surface area contributed by atoms with Gasteiger partial charge in [0.05, 0.1) is 18.5 Å². The molecule has 0 bridgehead atoms. The number of hydrogen-bond acceptors (Lipinski definition) is 4. The van der Waals surface area contributed by atoms with Crippen molar-refractivity contribution in [2.75, 3.05) is 26.2 Å². The lowest BCUT2D eigenvalue weighted by molar-refractivity contribution is 0.175. The molecular weight excluding hydrogens is 236 g/mol. The van der Waals surface area contributed by atoms with Crippen LogP contribution in [0, 0.1) is 11.3 Å². The molecule has 0 radical (unpaired) electrons. The molecular formula is C12H15ClN4. The molecule has 4 nitrogen and oxygen atoms in total. The van der Waals surface area contributed by atoms with Gasteiger partial charge in [0, 0.05) is 37.9 Å². The maximum atomic E-state index is 8.96. The Morgan fingerprint density at radius 3 is 2.94 bits per heavy atom. The minimum Gasteiger partial charge on any atom is -0.314 e. The van der Waals surface area contributed by atoms with E-state index in [1.54, 1.807) is 6.20 Å². The summed E-state index contributed by atoms with van der Waals surface area (Å²) in [5.41, 5.74) is 0.956. The zero-order valence-electron chi connectivity index (χ0n) is 9.56. The first-order chi connectivity index (χ1) is 8.33. The average molecular weight is 251 g/mol. The summed E-state index contributed by atoms with van der Waals surface area (Å²) in [4.78, 5) is 6.39. The number of nitrogens with one attached hydrogen (secondary N) is 1. The smallest absolute Gasteiger partial charge is 0.133 e. The van der Waals surface area contributed by atoms with Crippen LogP contribution in [0.5, 0.6) is 0 Å². The lowest BCUT2D eigenvalue weighted by atomic mass is 10.0. The monoisotopic (exact) mass is 250 g/mol. The molecule has 1 atom stereocenters. The van der Waals surface area contributed by atoms with E-state index in [1.807, 2.05) is 12.1 Å². The summed E-state index contributed by atoms with van der Waals surface area (Å²) in [5.74, 6) is 0. The molecule has 1 N–H and O–H groups in total. The van der Waals surface area contributed by atoms with Crippen LogP contribution in [0.25, 0.3) is 0 Å². The highest BCUT2D eigenvalue weighted by atomic mass is 35.5. The van der Waals surface area contributed by atoms with E-state index < -0.39 is 0 Å². The first kappa shape index (κ1) is 12.3. The normalized spacial score (nSPS) is 18.6. The fourth-order valence-electron chi connectivity index (χ4n) is 2.16. The number of halogens is 1. The van der Waals surface area contributed by atoms with Crippen LogP contribution < -0.4 is 5.32 Å². The predicted octanol–water partition coefficient (Wildman–Crippen LogP) is 1.59. The Kier molecular flexibility index (Phi) is 4.32. The Bertz CT molecular complexity index is 409. The van der Waals surface area contributed by atoms with Crippen molar-refractivity contribution >= 4 is 11.6 Å². The van der Waals surface area contributed by atoms with Crippen molar-refractivity contribution < 1.29 is 0 Å². The molecule has 0 aliphatic carbocycles. The standard InChI is InChI=1S/C12H15ClN4/c13-12-10(2-1-5-16-12)11(3-4-14)17-8-6-15-7-9-17/h1-2,5,11,15H,3,6-9H2/t11-/m0/s1. The Morgan fingerprint density at radius 1 is 1.53 bits per heavy atom. The van der Waals surface area contributed by atoms with Gasteiger partial charge in [0.25, 0.3) is 0 Å². The minimum atomic E-state index is 0.0586. The molecule has 2 heterocycles. The average Bonchev–Trinajstić information content (AvgIpc) is 2.38. The maximum absolute atomic E-state index is 8.96. The summed E-state index contributed by atoms with van der Waals surface area (Å²) in [6.07, 6.45) is 2.12. The molecule has 90 valence electrons. The number of nitrogens with zero attached hydrogens (tertiary/aromatic N) is 3. The summed E-state index contributed by atoms with van der Waals surface area (Å²) in [7, 11) is 0. The Morgan fingerprint density at radius 2 is 2.29 bits per heavy atom. The van der Waals surface area contributed by atoms with E-state index in [2.05, 4.69) is 21.3 Å².